The topological polar surface area (TPSA) is 103 Å². The van der Waals surface area contributed by atoms with E-state index in [2.05, 4.69) is 4.98 Å². The fourth-order valence-corrected chi connectivity index (χ4v) is 3.73. The Morgan fingerprint density at radius 1 is 1.14 bits per heavy atom. The van der Waals surface area contributed by atoms with Gasteiger partial charge in [-0.1, -0.05) is 18.2 Å². The van der Waals surface area contributed by atoms with E-state index in [1.54, 1.807) is 13.0 Å². The second kappa shape index (κ2) is 9.76. The maximum Gasteiger partial charge on any atom is 0.440 e. The van der Waals surface area contributed by atoms with Gasteiger partial charge in [0.25, 0.3) is 0 Å². The molecule has 0 aliphatic carbocycles. The summed E-state index contributed by atoms with van der Waals surface area (Å²) in [5.41, 5.74) is 3.12. The highest BCUT2D eigenvalue weighted by atomic mass is 19.4. The summed E-state index contributed by atoms with van der Waals surface area (Å²) < 4.78 is 56.3. The average Bonchev–Trinajstić information content (AvgIpc) is 3.45. The Morgan fingerprint density at radius 2 is 1.86 bits per heavy atom. The molecule has 0 radical (unpaired) electrons. The Bertz CT molecular complexity index is 1510. The molecule has 4 aromatic rings. The molecule has 2 aromatic heterocycles. The average molecular weight is 501 g/mol. The van der Waals surface area contributed by atoms with Gasteiger partial charge in [-0.25, -0.2) is 19.6 Å². The molecule has 0 spiro atoms. The summed E-state index contributed by atoms with van der Waals surface area (Å²) >= 11 is 0. The normalized spacial score (nSPS) is 12.5. The predicted octanol–water partition coefficient (Wildman–Crippen LogP) is 5.18. The first-order valence-electron chi connectivity index (χ1n) is 10.8. The van der Waals surface area contributed by atoms with Gasteiger partial charge in [0, 0.05) is 5.56 Å². The maximum absolute atomic E-state index is 13.2. The van der Waals surface area contributed by atoms with Gasteiger partial charge >= 0.3 is 17.6 Å². The number of alkyl halides is 3. The van der Waals surface area contributed by atoms with Crippen LogP contribution in [0, 0.1) is 6.92 Å². The molecule has 2 aromatic carbocycles. The van der Waals surface area contributed by atoms with Crippen LogP contribution < -0.4 is 16.2 Å². The predicted molar refractivity (Wildman–Crippen MR) is 124 cm³/mol. The van der Waals surface area contributed by atoms with E-state index < -0.39 is 23.2 Å². The largest absolute Gasteiger partial charge is 0.486 e. The first kappa shape index (κ1) is 24.8. The zero-order chi connectivity index (χ0) is 26.0. The van der Waals surface area contributed by atoms with E-state index in [0.29, 0.717) is 33.7 Å². The monoisotopic (exact) mass is 501 g/mol. The molecule has 4 rings (SSSR count). The van der Waals surface area contributed by atoms with Crippen LogP contribution in [0.2, 0.25) is 0 Å². The van der Waals surface area contributed by atoms with Crippen molar-refractivity contribution < 1.29 is 26.8 Å². The Hall–Kier alpha value is -4.28. The Morgan fingerprint density at radius 3 is 2.44 bits per heavy atom. The van der Waals surface area contributed by atoms with Crippen molar-refractivity contribution in [3.05, 3.63) is 98.0 Å². The van der Waals surface area contributed by atoms with Gasteiger partial charge < -0.3 is 13.7 Å². The molecule has 0 saturated carbocycles. The van der Waals surface area contributed by atoms with Crippen molar-refractivity contribution >= 4 is 5.57 Å². The van der Waals surface area contributed by atoms with E-state index in [9.17, 15) is 22.8 Å². The van der Waals surface area contributed by atoms with Crippen molar-refractivity contribution in [1.82, 2.24) is 14.7 Å². The third-order valence-electron chi connectivity index (χ3n) is 5.66. The number of aromatic nitrogens is 3. The number of allylic oxidation sites excluding steroid dienone is 2. The molecule has 2 heterocycles. The smallest absolute Gasteiger partial charge is 0.440 e. The maximum atomic E-state index is 13.2. The minimum absolute atomic E-state index is 0.00106. The van der Waals surface area contributed by atoms with E-state index in [4.69, 9.17) is 13.7 Å². The number of benzene rings is 2. The van der Waals surface area contributed by atoms with Crippen LogP contribution in [-0.4, -0.2) is 14.7 Å². The number of oxazole rings is 1. The Balaban J connectivity index is 1.84. The third kappa shape index (κ3) is 5.35. The fourth-order valence-electron chi connectivity index (χ4n) is 3.73. The van der Waals surface area contributed by atoms with Gasteiger partial charge in [-0.2, -0.15) is 13.2 Å². The molecule has 1 N–H and O–H groups in total. The first-order valence-corrected chi connectivity index (χ1v) is 10.8. The number of hydrogen-bond acceptors (Lipinski definition) is 6. The summed E-state index contributed by atoms with van der Waals surface area (Å²) in [6.45, 7) is 5.53. The van der Waals surface area contributed by atoms with Crippen LogP contribution in [0.4, 0.5) is 13.2 Å². The van der Waals surface area contributed by atoms with E-state index in [1.165, 1.54) is 24.8 Å². The van der Waals surface area contributed by atoms with Crippen LogP contribution in [0.25, 0.3) is 16.7 Å². The zero-order valence-electron chi connectivity index (χ0n) is 19.6. The van der Waals surface area contributed by atoms with Crippen LogP contribution in [0.15, 0.2) is 73.2 Å². The fraction of sp³-hybridized carbons (Fsp3) is 0.240. The minimum Gasteiger partial charge on any atom is -0.486 e. The number of H-pyrrole nitrogens is 1. The second-order valence-electron chi connectivity index (χ2n) is 8.28. The summed E-state index contributed by atoms with van der Waals surface area (Å²) in [5.74, 6) is -0.430. The van der Waals surface area contributed by atoms with Crippen molar-refractivity contribution in [3.63, 3.8) is 0 Å². The number of aromatic amines is 1. The van der Waals surface area contributed by atoms with Crippen LogP contribution in [0.5, 0.6) is 5.75 Å². The quantitative estimate of drug-likeness (QED) is 0.374. The Kier molecular flexibility index (Phi) is 6.73. The third-order valence-corrected chi connectivity index (χ3v) is 5.66. The van der Waals surface area contributed by atoms with Gasteiger partial charge in [0.15, 0.2) is 6.39 Å². The highest BCUT2D eigenvalue weighted by Crippen LogP contribution is 2.40. The van der Waals surface area contributed by atoms with E-state index in [-0.39, 0.29) is 13.2 Å². The lowest BCUT2D eigenvalue weighted by Crippen LogP contribution is -2.17. The van der Waals surface area contributed by atoms with E-state index in [0.717, 1.165) is 28.0 Å². The first-order chi connectivity index (χ1) is 17.0. The second-order valence-corrected chi connectivity index (χ2v) is 8.28. The van der Waals surface area contributed by atoms with E-state index >= 15 is 0 Å². The highest BCUT2D eigenvalue weighted by molar-refractivity contribution is 5.86. The molecule has 0 saturated heterocycles. The van der Waals surface area contributed by atoms with Crippen molar-refractivity contribution in [2.75, 3.05) is 0 Å². The van der Waals surface area contributed by atoms with Crippen molar-refractivity contribution in [3.8, 4) is 16.9 Å². The summed E-state index contributed by atoms with van der Waals surface area (Å²) in [7, 11) is 0. The molecule has 0 aliphatic rings. The molecular formula is C25H22F3N3O5. The number of nitrogens with zero attached hydrogens (tertiary/aromatic N) is 2. The van der Waals surface area contributed by atoms with Crippen molar-refractivity contribution in [1.29, 1.82) is 0 Å². The molecule has 0 unspecified atom stereocenters. The highest BCUT2D eigenvalue weighted by Gasteiger charge is 2.30. The number of hydrogen-bond donors (Lipinski definition) is 1. The SMILES string of the molecule is CC(Cn1oc(=O)[nH]c1=O)=C(C)c1cc(C)cc(OCc2cocn2)c1-c1ccc(C(F)(F)F)cc1. The molecule has 0 fully saturated rings. The van der Waals surface area contributed by atoms with Gasteiger partial charge in [0.05, 0.1) is 12.1 Å². The number of rotatable bonds is 7. The molecule has 188 valence electrons. The number of halogens is 3. The van der Waals surface area contributed by atoms with Crippen LogP contribution in [0.3, 0.4) is 0 Å². The zero-order valence-corrected chi connectivity index (χ0v) is 19.6. The number of nitrogens with one attached hydrogen (secondary N) is 1. The Labute approximate surface area is 202 Å². The minimum atomic E-state index is -4.47. The molecular weight excluding hydrogens is 479 g/mol. The molecule has 8 nitrogen and oxygen atoms in total. The van der Waals surface area contributed by atoms with Crippen molar-refractivity contribution in [2.45, 2.75) is 40.1 Å². The van der Waals surface area contributed by atoms with Crippen LogP contribution in [0.1, 0.15) is 36.2 Å². The lowest BCUT2D eigenvalue weighted by Gasteiger charge is -2.19. The van der Waals surface area contributed by atoms with Crippen LogP contribution in [-0.2, 0) is 19.3 Å². The summed E-state index contributed by atoms with van der Waals surface area (Å²) in [4.78, 5) is 29.3. The van der Waals surface area contributed by atoms with Gasteiger partial charge in [-0.3, -0.25) is 0 Å². The van der Waals surface area contributed by atoms with E-state index in [1.807, 2.05) is 24.9 Å². The van der Waals surface area contributed by atoms with Crippen molar-refractivity contribution in [2.24, 2.45) is 0 Å². The number of ether oxygens (including phenoxy) is 1. The van der Waals surface area contributed by atoms with Gasteiger partial charge in [0.1, 0.15) is 24.3 Å². The molecule has 36 heavy (non-hydrogen) atoms. The molecule has 0 amide bonds. The molecule has 0 atom stereocenters. The van der Waals surface area contributed by atoms with Gasteiger partial charge in [0.2, 0.25) is 0 Å². The lowest BCUT2D eigenvalue weighted by molar-refractivity contribution is -0.137. The molecule has 11 heteroatoms. The van der Waals surface area contributed by atoms with Gasteiger partial charge in [-0.05, 0) is 66.8 Å². The molecule has 0 aliphatic heterocycles. The van der Waals surface area contributed by atoms with Crippen LogP contribution >= 0.6 is 0 Å². The standard InChI is InChI=1S/C25H22F3N3O5/c1-14-8-20(16(3)15(2)10-31-23(32)30-24(33)36-31)22(17-4-6-18(7-5-17)25(26,27)28)21(9-14)35-12-19-11-34-13-29-19/h4-9,11,13H,10,12H2,1-3H3,(H,30,32,33). The van der Waals surface area contributed by atoms with Gasteiger partial charge in [-0.15, -0.1) is 4.74 Å². The lowest BCUT2D eigenvalue weighted by atomic mass is 9.90. The molecule has 0 bridgehead atoms. The summed E-state index contributed by atoms with van der Waals surface area (Å²) in [6.07, 6.45) is -1.76. The summed E-state index contributed by atoms with van der Waals surface area (Å²) in [5, 5.41) is 0. The summed E-state index contributed by atoms with van der Waals surface area (Å²) in [6, 6.07) is 8.47. The number of aryl methyl sites for hydroxylation is 1.